The van der Waals surface area contributed by atoms with Gasteiger partial charge in [-0.3, -0.25) is 9.69 Å². The largest absolute Gasteiger partial charge is 0.378 e. The van der Waals surface area contributed by atoms with Crippen molar-refractivity contribution in [2.45, 2.75) is 31.0 Å². The number of likely N-dealkylation sites (N-methyl/N-ethyl adjacent to an activating group) is 1. The summed E-state index contributed by atoms with van der Waals surface area (Å²) in [5, 5.41) is 30.7. The van der Waals surface area contributed by atoms with E-state index in [-0.39, 0.29) is 29.6 Å². The lowest BCUT2D eigenvalue weighted by Gasteiger charge is -2.48. The average Bonchev–Trinajstić information content (AvgIpc) is 3.64. The van der Waals surface area contributed by atoms with Gasteiger partial charge in [0.2, 0.25) is 11.9 Å². The van der Waals surface area contributed by atoms with Crippen LogP contribution in [0.25, 0.3) is 5.65 Å². The number of nitrogens with one attached hydrogen (secondary N) is 2. The van der Waals surface area contributed by atoms with Crippen LogP contribution in [0, 0.1) is 22.7 Å². The summed E-state index contributed by atoms with van der Waals surface area (Å²) in [6, 6.07) is 7.81. The molecule has 40 heavy (non-hydrogen) atoms. The number of ether oxygens (including phenoxy) is 1. The molecule has 6 rings (SSSR count). The molecule has 2 saturated heterocycles. The average molecular weight is 562 g/mol. The SMILES string of the molecule is CN(C)C(=O)C1CN(c2cc(C#N)cc(Nc3nc(NC4CC4)c4ncc(C#N)n4n3)c2Cl)CCN1C1COC1. The molecule has 1 aromatic carbocycles. The molecule has 1 aliphatic carbocycles. The third-order valence-electron chi connectivity index (χ3n) is 7.40. The second kappa shape index (κ2) is 10.4. The number of fused-ring (bicyclic) bond motifs is 1. The van der Waals surface area contributed by atoms with Gasteiger partial charge in [-0.2, -0.15) is 20.0 Å². The van der Waals surface area contributed by atoms with Crippen molar-refractivity contribution in [2.24, 2.45) is 0 Å². The van der Waals surface area contributed by atoms with Crippen LogP contribution in [0.3, 0.4) is 0 Å². The third kappa shape index (κ3) is 4.84. The van der Waals surface area contributed by atoms with Crippen LogP contribution in [0.15, 0.2) is 18.3 Å². The standard InChI is InChI=1S/C26H28ClN11O2/c1-35(2)25(39)21-12-36(5-6-37(21)18-13-40-14-18)20-8-15(9-28)7-19(22(20)27)32-26-33-23(31-16-3-4-16)24-30-11-17(10-29)38(24)34-26/h7-8,11,16,18,21H,3-6,12-14H2,1-2H3,(H2,31,32,33,34). The Kier molecular flexibility index (Phi) is 6.80. The molecule has 0 radical (unpaired) electrons. The maximum Gasteiger partial charge on any atom is 0.247 e. The minimum Gasteiger partial charge on any atom is -0.378 e. The topological polar surface area (TPSA) is 151 Å². The van der Waals surface area contributed by atoms with Crippen molar-refractivity contribution in [3.63, 3.8) is 0 Å². The zero-order valence-electron chi connectivity index (χ0n) is 22.1. The van der Waals surface area contributed by atoms with Gasteiger partial charge in [0.05, 0.1) is 53.5 Å². The van der Waals surface area contributed by atoms with E-state index in [0.29, 0.717) is 72.3 Å². The number of halogens is 1. The van der Waals surface area contributed by atoms with Gasteiger partial charge < -0.3 is 25.2 Å². The highest BCUT2D eigenvalue weighted by atomic mass is 35.5. The summed E-state index contributed by atoms with van der Waals surface area (Å²) >= 11 is 6.95. The van der Waals surface area contributed by atoms with E-state index in [9.17, 15) is 15.3 Å². The number of hydrogen-bond acceptors (Lipinski definition) is 11. The number of anilines is 4. The number of aromatic nitrogens is 4. The summed E-state index contributed by atoms with van der Waals surface area (Å²) in [6.45, 7) is 2.92. The van der Waals surface area contributed by atoms with Crippen LogP contribution in [0.1, 0.15) is 24.1 Å². The van der Waals surface area contributed by atoms with Gasteiger partial charge in [-0.1, -0.05) is 11.6 Å². The quantitative estimate of drug-likeness (QED) is 0.434. The van der Waals surface area contributed by atoms with Crippen molar-refractivity contribution in [2.75, 3.05) is 62.5 Å². The van der Waals surface area contributed by atoms with Crippen molar-refractivity contribution >= 4 is 46.3 Å². The molecule has 3 aliphatic rings. The Hall–Kier alpha value is -4.17. The number of carbonyl (C=O) groups is 1. The Bertz CT molecular complexity index is 1550. The highest BCUT2D eigenvalue weighted by molar-refractivity contribution is 6.36. The van der Waals surface area contributed by atoms with Crippen LogP contribution in [-0.4, -0.2) is 100 Å². The van der Waals surface area contributed by atoms with E-state index in [1.54, 1.807) is 31.1 Å². The molecule has 2 aromatic heterocycles. The first-order chi connectivity index (χ1) is 19.4. The summed E-state index contributed by atoms with van der Waals surface area (Å²) in [6.07, 6.45) is 3.51. The maximum absolute atomic E-state index is 13.2. The molecule has 1 atom stereocenters. The minimum absolute atomic E-state index is 0.00790. The molecule has 2 N–H and O–H groups in total. The lowest BCUT2D eigenvalue weighted by Crippen LogP contribution is -2.65. The Morgan fingerprint density at radius 2 is 2.00 bits per heavy atom. The van der Waals surface area contributed by atoms with Crippen molar-refractivity contribution in [3.05, 3.63) is 34.6 Å². The molecule has 13 nitrogen and oxygen atoms in total. The van der Waals surface area contributed by atoms with Crippen molar-refractivity contribution in [1.29, 1.82) is 10.5 Å². The summed E-state index contributed by atoms with van der Waals surface area (Å²) in [5.41, 5.74) is 2.20. The lowest BCUT2D eigenvalue weighted by molar-refractivity contribution is -0.142. The second-order valence-electron chi connectivity index (χ2n) is 10.4. The predicted molar refractivity (Wildman–Crippen MR) is 148 cm³/mol. The summed E-state index contributed by atoms with van der Waals surface area (Å²) in [7, 11) is 3.51. The summed E-state index contributed by atoms with van der Waals surface area (Å²) < 4.78 is 6.83. The first kappa shape index (κ1) is 26.1. The molecule has 3 fully saturated rings. The van der Waals surface area contributed by atoms with Crippen LogP contribution in [0.2, 0.25) is 5.02 Å². The van der Waals surface area contributed by atoms with Crippen LogP contribution in [0.4, 0.5) is 23.1 Å². The number of benzene rings is 1. The van der Waals surface area contributed by atoms with E-state index in [0.717, 1.165) is 12.8 Å². The van der Waals surface area contributed by atoms with Crippen molar-refractivity contribution in [3.8, 4) is 12.1 Å². The molecular weight excluding hydrogens is 534 g/mol. The van der Waals surface area contributed by atoms with Crippen LogP contribution >= 0.6 is 11.6 Å². The molecule has 1 amide bonds. The predicted octanol–water partition coefficient (Wildman–Crippen LogP) is 1.82. The number of nitrogens with zero attached hydrogens (tertiary/aromatic N) is 9. The number of piperazine rings is 1. The van der Waals surface area contributed by atoms with E-state index in [1.807, 2.05) is 4.90 Å². The molecule has 0 bridgehead atoms. The van der Waals surface area contributed by atoms with Gasteiger partial charge in [0.25, 0.3) is 0 Å². The van der Waals surface area contributed by atoms with Crippen molar-refractivity contribution < 1.29 is 9.53 Å². The Labute approximate surface area is 235 Å². The first-order valence-electron chi connectivity index (χ1n) is 13.1. The molecule has 4 heterocycles. The van der Waals surface area contributed by atoms with Gasteiger partial charge in [-0.15, -0.1) is 5.10 Å². The lowest BCUT2D eigenvalue weighted by atomic mass is 10.0. The Balaban J connectivity index is 1.34. The number of carbonyl (C=O) groups excluding carboxylic acids is 1. The van der Waals surface area contributed by atoms with Crippen molar-refractivity contribution in [1.82, 2.24) is 29.4 Å². The number of hydrogen-bond donors (Lipinski definition) is 2. The molecule has 14 heteroatoms. The van der Waals surface area contributed by atoms with Gasteiger partial charge in [0.15, 0.2) is 17.2 Å². The van der Waals surface area contributed by atoms with Gasteiger partial charge in [0.1, 0.15) is 12.1 Å². The minimum atomic E-state index is -0.372. The summed E-state index contributed by atoms with van der Waals surface area (Å²) in [5.74, 6) is 0.715. The smallest absolute Gasteiger partial charge is 0.247 e. The third-order valence-corrected chi connectivity index (χ3v) is 7.80. The number of nitriles is 2. The molecular formula is C26H28ClN11O2. The van der Waals surface area contributed by atoms with E-state index >= 15 is 0 Å². The monoisotopic (exact) mass is 561 g/mol. The highest BCUT2D eigenvalue weighted by Crippen LogP contribution is 2.37. The van der Waals surface area contributed by atoms with Crippen LogP contribution in [0.5, 0.6) is 0 Å². The van der Waals surface area contributed by atoms with Gasteiger partial charge in [-0.25, -0.2) is 4.98 Å². The fourth-order valence-electron chi connectivity index (χ4n) is 5.03. The summed E-state index contributed by atoms with van der Waals surface area (Å²) in [4.78, 5) is 27.9. The number of rotatable bonds is 7. The maximum atomic E-state index is 13.2. The Morgan fingerprint density at radius 3 is 2.65 bits per heavy atom. The van der Waals surface area contributed by atoms with E-state index in [4.69, 9.17) is 16.3 Å². The fourth-order valence-corrected chi connectivity index (χ4v) is 5.31. The van der Waals surface area contributed by atoms with Crippen LogP contribution < -0.4 is 15.5 Å². The Morgan fingerprint density at radius 1 is 1.20 bits per heavy atom. The molecule has 3 aromatic rings. The molecule has 1 saturated carbocycles. The zero-order valence-corrected chi connectivity index (χ0v) is 22.9. The van der Waals surface area contributed by atoms with E-state index in [1.165, 1.54) is 10.7 Å². The van der Waals surface area contributed by atoms with Gasteiger partial charge in [-0.05, 0) is 25.0 Å². The zero-order chi connectivity index (χ0) is 28.0. The second-order valence-corrected chi connectivity index (χ2v) is 10.8. The first-order valence-corrected chi connectivity index (χ1v) is 13.5. The molecule has 206 valence electrons. The molecule has 0 spiro atoms. The normalized spacial score (nSPS) is 19.5. The highest BCUT2D eigenvalue weighted by Gasteiger charge is 2.40. The fraction of sp³-hybridized carbons (Fsp3) is 0.462. The molecule has 1 unspecified atom stereocenters. The van der Waals surface area contributed by atoms with E-state index in [2.05, 4.69) is 42.7 Å². The number of imidazole rings is 1. The van der Waals surface area contributed by atoms with Crippen LogP contribution in [-0.2, 0) is 9.53 Å². The van der Waals surface area contributed by atoms with E-state index < -0.39 is 0 Å². The number of amides is 1. The van der Waals surface area contributed by atoms with Gasteiger partial charge in [0, 0.05) is 39.8 Å². The molecule has 2 aliphatic heterocycles. The van der Waals surface area contributed by atoms with Gasteiger partial charge >= 0.3 is 0 Å².